The summed E-state index contributed by atoms with van der Waals surface area (Å²) in [6.07, 6.45) is 1.21. The van der Waals surface area contributed by atoms with E-state index in [9.17, 15) is 4.79 Å². The molecule has 0 aliphatic heterocycles. The van der Waals surface area contributed by atoms with Crippen LogP contribution in [0.5, 0.6) is 5.75 Å². The summed E-state index contributed by atoms with van der Waals surface area (Å²) >= 11 is 3.40. The second-order valence-electron chi connectivity index (χ2n) is 3.71. The van der Waals surface area contributed by atoms with Crippen LogP contribution in [-0.2, 0) is 11.2 Å². The Morgan fingerprint density at radius 3 is 3.00 bits per heavy atom. The summed E-state index contributed by atoms with van der Waals surface area (Å²) in [6.45, 7) is 0.539. The van der Waals surface area contributed by atoms with Crippen LogP contribution < -0.4 is 10.1 Å². The van der Waals surface area contributed by atoms with E-state index in [2.05, 4.69) is 21.2 Å². The lowest BCUT2D eigenvalue weighted by molar-refractivity contribution is -0.120. The zero-order chi connectivity index (χ0) is 13.4. The van der Waals surface area contributed by atoms with E-state index in [0.29, 0.717) is 13.0 Å². The molecular formula is C13H15BrN2O2. The predicted molar refractivity (Wildman–Crippen MR) is 72.3 cm³/mol. The number of hydrogen-bond donors (Lipinski definition) is 1. The predicted octanol–water partition coefficient (Wildman–Crippen LogP) is 2.42. The second-order valence-corrected chi connectivity index (χ2v) is 4.63. The molecule has 1 rings (SSSR count). The Balaban J connectivity index is 2.46. The molecule has 0 radical (unpaired) electrons. The van der Waals surface area contributed by atoms with Crippen molar-refractivity contribution in [3.63, 3.8) is 0 Å². The number of halogens is 1. The molecule has 4 nitrogen and oxygen atoms in total. The smallest absolute Gasteiger partial charge is 0.221 e. The number of nitrogens with zero attached hydrogens (tertiary/aromatic N) is 1. The number of rotatable bonds is 6. The number of amides is 1. The van der Waals surface area contributed by atoms with Gasteiger partial charge in [0.25, 0.3) is 0 Å². The normalized spacial score (nSPS) is 9.61. The first-order valence-electron chi connectivity index (χ1n) is 5.63. The highest BCUT2D eigenvalue weighted by molar-refractivity contribution is 9.10. The van der Waals surface area contributed by atoms with Crippen molar-refractivity contribution in [2.24, 2.45) is 0 Å². The van der Waals surface area contributed by atoms with Crippen LogP contribution in [0, 0.1) is 11.3 Å². The van der Waals surface area contributed by atoms with Crippen LogP contribution in [-0.4, -0.2) is 19.6 Å². The van der Waals surface area contributed by atoms with Crippen molar-refractivity contribution in [3.8, 4) is 11.8 Å². The third-order valence-corrected chi connectivity index (χ3v) is 2.92. The van der Waals surface area contributed by atoms with Crippen molar-refractivity contribution in [3.05, 3.63) is 28.2 Å². The summed E-state index contributed by atoms with van der Waals surface area (Å²) in [5.74, 6) is 0.718. The van der Waals surface area contributed by atoms with E-state index >= 15 is 0 Å². The molecule has 0 spiro atoms. The minimum Gasteiger partial charge on any atom is -0.496 e. The molecule has 1 aromatic rings. The molecule has 0 fully saturated rings. The van der Waals surface area contributed by atoms with Crippen molar-refractivity contribution in [1.82, 2.24) is 5.32 Å². The van der Waals surface area contributed by atoms with Gasteiger partial charge in [-0.2, -0.15) is 5.26 Å². The molecule has 0 aromatic heterocycles. The maximum atomic E-state index is 11.3. The summed E-state index contributed by atoms with van der Waals surface area (Å²) in [7, 11) is 1.62. The topological polar surface area (TPSA) is 62.1 Å². The number of carbonyl (C=O) groups excluding carboxylic acids is 1. The molecule has 0 aliphatic carbocycles. The zero-order valence-corrected chi connectivity index (χ0v) is 11.8. The minimum absolute atomic E-state index is 0.0921. The van der Waals surface area contributed by atoms with Gasteiger partial charge in [-0.25, -0.2) is 0 Å². The molecule has 1 amide bonds. The molecule has 0 aliphatic rings. The average molecular weight is 311 g/mol. The van der Waals surface area contributed by atoms with Crippen LogP contribution in [0.4, 0.5) is 0 Å². The lowest BCUT2D eigenvalue weighted by Gasteiger charge is -2.09. The standard InChI is InChI=1S/C13H15BrN2O2/c1-18-12-5-4-11(14)9-10(12)6-8-16-13(17)3-2-7-15/h4-5,9H,2-3,6,8H2,1H3,(H,16,17). The highest BCUT2D eigenvalue weighted by Crippen LogP contribution is 2.23. The third-order valence-electron chi connectivity index (χ3n) is 2.42. The Morgan fingerprint density at radius 1 is 1.56 bits per heavy atom. The molecule has 0 heterocycles. The van der Waals surface area contributed by atoms with Gasteiger partial charge < -0.3 is 10.1 Å². The molecule has 0 saturated heterocycles. The number of carbonyl (C=O) groups is 1. The lowest BCUT2D eigenvalue weighted by atomic mass is 10.1. The summed E-state index contributed by atoms with van der Waals surface area (Å²) < 4.78 is 6.23. The van der Waals surface area contributed by atoms with Crippen molar-refractivity contribution in [2.75, 3.05) is 13.7 Å². The molecule has 0 saturated carbocycles. The van der Waals surface area contributed by atoms with E-state index in [1.807, 2.05) is 24.3 Å². The van der Waals surface area contributed by atoms with Gasteiger partial charge in [0.2, 0.25) is 5.91 Å². The Labute approximate surface area is 115 Å². The summed E-state index contributed by atoms with van der Waals surface area (Å²) in [5.41, 5.74) is 1.03. The van der Waals surface area contributed by atoms with Crippen LogP contribution in [0.1, 0.15) is 18.4 Å². The molecule has 0 atom stereocenters. The van der Waals surface area contributed by atoms with Crippen LogP contribution >= 0.6 is 15.9 Å². The van der Waals surface area contributed by atoms with Gasteiger partial charge >= 0.3 is 0 Å². The Bertz CT molecular complexity index is 455. The van der Waals surface area contributed by atoms with Crippen LogP contribution in [0.3, 0.4) is 0 Å². The molecule has 96 valence electrons. The Hall–Kier alpha value is -1.54. The molecule has 1 aromatic carbocycles. The first kappa shape index (κ1) is 14.5. The minimum atomic E-state index is -0.0921. The molecule has 1 N–H and O–H groups in total. The average Bonchev–Trinajstić information content (AvgIpc) is 2.36. The van der Waals surface area contributed by atoms with Crippen LogP contribution in [0.15, 0.2) is 22.7 Å². The maximum Gasteiger partial charge on any atom is 0.221 e. The van der Waals surface area contributed by atoms with E-state index in [1.54, 1.807) is 7.11 Å². The molecule has 0 bridgehead atoms. The number of ether oxygens (including phenoxy) is 1. The second kappa shape index (κ2) is 7.72. The highest BCUT2D eigenvalue weighted by atomic mass is 79.9. The van der Waals surface area contributed by atoms with Gasteiger partial charge in [-0.3, -0.25) is 4.79 Å². The highest BCUT2D eigenvalue weighted by Gasteiger charge is 2.05. The van der Waals surface area contributed by atoms with E-state index < -0.39 is 0 Å². The van der Waals surface area contributed by atoms with Crippen LogP contribution in [0.25, 0.3) is 0 Å². The Kier molecular flexibility index (Phi) is 6.23. The third kappa shape index (κ3) is 4.76. The van der Waals surface area contributed by atoms with Gasteiger partial charge in [0.15, 0.2) is 0 Å². The van der Waals surface area contributed by atoms with Gasteiger partial charge in [0.1, 0.15) is 5.75 Å². The quantitative estimate of drug-likeness (QED) is 0.877. The van der Waals surface area contributed by atoms with Crippen molar-refractivity contribution in [2.45, 2.75) is 19.3 Å². The van der Waals surface area contributed by atoms with E-state index in [4.69, 9.17) is 10.00 Å². The SMILES string of the molecule is COc1ccc(Br)cc1CCNC(=O)CCC#N. The van der Waals surface area contributed by atoms with E-state index in [-0.39, 0.29) is 18.7 Å². The van der Waals surface area contributed by atoms with Gasteiger partial charge in [-0.15, -0.1) is 0 Å². The molecule has 5 heteroatoms. The fourth-order valence-electron chi connectivity index (χ4n) is 1.54. The number of nitriles is 1. The zero-order valence-electron chi connectivity index (χ0n) is 10.2. The number of nitrogens with one attached hydrogen (secondary N) is 1. The summed E-state index contributed by atoms with van der Waals surface area (Å²) in [5, 5.41) is 11.1. The number of methoxy groups -OCH3 is 1. The molecule has 18 heavy (non-hydrogen) atoms. The number of benzene rings is 1. The fourth-order valence-corrected chi connectivity index (χ4v) is 1.95. The molecular weight excluding hydrogens is 296 g/mol. The summed E-state index contributed by atoms with van der Waals surface area (Å²) in [4.78, 5) is 11.3. The monoisotopic (exact) mass is 310 g/mol. The van der Waals surface area contributed by atoms with Gasteiger partial charge in [-0.1, -0.05) is 15.9 Å². The van der Waals surface area contributed by atoms with E-state index in [1.165, 1.54) is 0 Å². The Morgan fingerprint density at radius 2 is 2.33 bits per heavy atom. The lowest BCUT2D eigenvalue weighted by Crippen LogP contribution is -2.25. The van der Waals surface area contributed by atoms with Crippen molar-refractivity contribution < 1.29 is 9.53 Å². The first-order chi connectivity index (χ1) is 8.67. The van der Waals surface area contributed by atoms with Gasteiger partial charge in [-0.05, 0) is 30.2 Å². The fraction of sp³-hybridized carbons (Fsp3) is 0.385. The first-order valence-corrected chi connectivity index (χ1v) is 6.42. The van der Waals surface area contributed by atoms with E-state index in [0.717, 1.165) is 15.8 Å². The molecule has 0 unspecified atom stereocenters. The maximum absolute atomic E-state index is 11.3. The van der Waals surface area contributed by atoms with Crippen molar-refractivity contribution in [1.29, 1.82) is 5.26 Å². The number of hydrogen-bond acceptors (Lipinski definition) is 3. The summed E-state index contributed by atoms with van der Waals surface area (Å²) in [6, 6.07) is 7.71. The van der Waals surface area contributed by atoms with Crippen molar-refractivity contribution >= 4 is 21.8 Å². The van der Waals surface area contributed by atoms with Gasteiger partial charge in [0.05, 0.1) is 13.2 Å². The van der Waals surface area contributed by atoms with Crippen LogP contribution in [0.2, 0.25) is 0 Å². The largest absolute Gasteiger partial charge is 0.496 e. The van der Waals surface area contributed by atoms with Gasteiger partial charge in [0, 0.05) is 23.9 Å².